The number of ketones is 1. The van der Waals surface area contributed by atoms with Crippen LogP contribution in [0.5, 0.6) is 0 Å². The quantitative estimate of drug-likeness (QED) is 0.446. The molecule has 0 amide bonds. The largest absolute Gasteiger partial charge is 0.394 e. The summed E-state index contributed by atoms with van der Waals surface area (Å²) >= 11 is 0. The number of piperidine rings is 1. The minimum atomic E-state index is -0.438. The van der Waals surface area contributed by atoms with Crippen molar-refractivity contribution < 1.29 is 14.8 Å². The zero-order valence-electron chi connectivity index (χ0n) is 15.1. The number of anilines is 1. The Kier molecular flexibility index (Phi) is 6.13. The molecule has 2 rings (SSSR count). The predicted molar refractivity (Wildman–Crippen MR) is 97.2 cm³/mol. The van der Waals surface area contributed by atoms with Crippen molar-refractivity contribution >= 4 is 17.2 Å². The van der Waals surface area contributed by atoms with Crippen LogP contribution in [0.15, 0.2) is 18.2 Å². The number of nitro groups is 1. The minimum Gasteiger partial charge on any atom is -0.394 e. The molecular weight excluding hydrogens is 322 g/mol. The van der Waals surface area contributed by atoms with Crippen molar-refractivity contribution in [1.82, 2.24) is 5.32 Å². The van der Waals surface area contributed by atoms with Crippen molar-refractivity contribution in [2.75, 3.05) is 31.1 Å². The second-order valence-corrected chi connectivity index (χ2v) is 7.22. The number of hydrogen-bond acceptors (Lipinski definition) is 6. The lowest BCUT2D eigenvalue weighted by molar-refractivity contribution is -0.384. The van der Waals surface area contributed by atoms with Crippen molar-refractivity contribution in [3.8, 4) is 0 Å². The number of benzene rings is 1. The molecule has 7 heteroatoms. The molecule has 25 heavy (non-hydrogen) atoms. The molecule has 0 bridgehead atoms. The molecular formula is C18H27N3O4. The maximum absolute atomic E-state index is 11.5. The van der Waals surface area contributed by atoms with Crippen molar-refractivity contribution in [3.05, 3.63) is 33.9 Å². The van der Waals surface area contributed by atoms with Gasteiger partial charge < -0.3 is 15.3 Å². The molecule has 0 aliphatic carbocycles. The van der Waals surface area contributed by atoms with Gasteiger partial charge in [0.15, 0.2) is 5.78 Å². The third-order valence-electron chi connectivity index (χ3n) is 4.83. The number of Topliss-reactive ketones (excluding diaryl/α,β-unsaturated/α-hetero) is 1. The summed E-state index contributed by atoms with van der Waals surface area (Å²) in [6.45, 7) is 7.75. The lowest BCUT2D eigenvalue weighted by Crippen LogP contribution is -2.56. The maximum atomic E-state index is 11.5. The van der Waals surface area contributed by atoms with Crippen molar-refractivity contribution in [3.63, 3.8) is 0 Å². The summed E-state index contributed by atoms with van der Waals surface area (Å²) in [5.74, 6) is 0.298. The van der Waals surface area contributed by atoms with Gasteiger partial charge in [-0.05, 0) is 44.4 Å². The zero-order valence-corrected chi connectivity index (χ0v) is 15.1. The van der Waals surface area contributed by atoms with Gasteiger partial charge in [-0.1, -0.05) is 13.8 Å². The van der Waals surface area contributed by atoms with Crippen LogP contribution in [-0.4, -0.2) is 47.6 Å². The third-order valence-corrected chi connectivity index (χ3v) is 4.83. The van der Waals surface area contributed by atoms with E-state index < -0.39 is 4.92 Å². The van der Waals surface area contributed by atoms with Crippen LogP contribution in [0.1, 0.15) is 44.0 Å². The Morgan fingerprint density at radius 2 is 2.04 bits per heavy atom. The molecule has 0 atom stereocenters. The number of nitrogens with zero attached hydrogens (tertiary/aromatic N) is 2. The van der Waals surface area contributed by atoms with E-state index in [1.807, 2.05) is 4.90 Å². The van der Waals surface area contributed by atoms with Crippen LogP contribution in [-0.2, 0) is 0 Å². The van der Waals surface area contributed by atoms with E-state index in [0.717, 1.165) is 6.54 Å². The molecule has 138 valence electrons. The first kappa shape index (κ1) is 19.3. The first-order valence-electron chi connectivity index (χ1n) is 8.68. The summed E-state index contributed by atoms with van der Waals surface area (Å²) in [6, 6.07) is 4.64. The fourth-order valence-corrected chi connectivity index (χ4v) is 3.14. The number of rotatable bonds is 7. The summed E-state index contributed by atoms with van der Waals surface area (Å²) in [6.07, 6.45) is 1.42. The van der Waals surface area contributed by atoms with Gasteiger partial charge in [-0.2, -0.15) is 0 Å². The molecule has 1 fully saturated rings. The Bertz CT molecular complexity index is 637. The fraction of sp³-hybridized carbons (Fsp3) is 0.611. The Hall–Kier alpha value is -1.99. The van der Waals surface area contributed by atoms with Crippen LogP contribution in [0.3, 0.4) is 0 Å². The molecule has 0 aromatic heterocycles. The number of carbonyl (C=O) groups is 1. The average molecular weight is 349 g/mol. The lowest BCUT2D eigenvalue weighted by atomic mass is 9.87. The van der Waals surface area contributed by atoms with Gasteiger partial charge in [0.2, 0.25) is 0 Å². The summed E-state index contributed by atoms with van der Waals surface area (Å²) in [4.78, 5) is 24.4. The molecule has 1 heterocycles. The van der Waals surface area contributed by atoms with Crippen LogP contribution in [0.25, 0.3) is 0 Å². The van der Waals surface area contributed by atoms with Gasteiger partial charge in [-0.25, -0.2) is 0 Å². The molecule has 1 aliphatic heterocycles. The van der Waals surface area contributed by atoms with E-state index >= 15 is 0 Å². The first-order chi connectivity index (χ1) is 11.8. The van der Waals surface area contributed by atoms with E-state index in [-0.39, 0.29) is 23.6 Å². The molecule has 1 aromatic rings. The minimum absolute atomic E-state index is 0.0423. The number of aliphatic hydroxyl groups excluding tert-OH is 1. The Labute approximate surface area is 148 Å². The maximum Gasteiger partial charge on any atom is 0.293 e. The Morgan fingerprint density at radius 1 is 1.40 bits per heavy atom. The molecule has 1 aliphatic rings. The SMILES string of the molecule is CC(=O)c1ccc(N2CCC(CO)(NCC(C)C)CC2)c([N+](=O)[O-])c1. The second kappa shape index (κ2) is 7.93. The van der Waals surface area contributed by atoms with E-state index in [0.29, 0.717) is 43.1 Å². The summed E-state index contributed by atoms with van der Waals surface area (Å²) in [5.41, 5.74) is 0.509. The predicted octanol–water partition coefficient (Wildman–Crippen LogP) is 2.37. The van der Waals surface area contributed by atoms with Gasteiger partial charge in [-0.15, -0.1) is 0 Å². The van der Waals surface area contributed by atoms with Gasteiger partial charge in [-0.3, -0.25) is 14.9 Å². The number of hydrogen-bond donors (Lipinski definition) is 2. The molecule has 0 unspecified atom stereocenters. The van der Waals surface area contributed by atoms with Crippen molar-refractivity contribution in [2.45, 2.75) is 39.2 Å². The van der Waals surface area contributed by atoms with E-state index in [1.165, 1.54) is 13.0 Å². The van der Waals surface area contributed by atoms with Crippen LogP contribution < -0.4 is 10.2 Å². The third kappa shape index (κ3) is 4.55. The van der Waals surface area contributed by atoms with Crippen LogP contribution in [0.2, 0.25) is 0 Å². The number of nitro benzene ring substituents is 1. The lowest BCUT2D eigenvalue weighted by Gasteiger charge is -2.42. The van der Waals surface area contributed by atoms with E-state index in [9.17, 15) is 20.0 Å². The highest BCUT2D eigenvalue weighted by Crippen LogP contribution is 2.33. The van der Waals surface area contributed by atoms with Gasteiger partial charge in [0.1, 0.15) is 5.69 Å². The van der Waals surface area contributed by atoms with Gasteiger partial charge >= 0.3 is 0 Å². The topological polar surface area (TPSA) is 95.7 Å². The molecule has 0 saturated carbocycles. The van der Waals surface area contributed by atoms with Gasteiger partial charge in [0, 0.05) is 30.3 Å². The van der Waals surface area contributed by atoms with Crippen molar-refractivity contribution in [2.24, 2.45) is 5.92 Å². The second-order valence-electron chi connectivity index (χ2n) is 7.22. The Balaban J connectivity index is 2.17. The molecule has 2 N–H and O–H groups in total. The van der Waals surface area contributed by atoms with Crippen LogP contribution in [0.4, 0.5) is 11.4 Å². The standard InChI is InChI=1S/C18H27N3O4/c1-13(2)11-19-18(12-22)6-8-20(9-7-18)16-5-4-15(14(3)23)10-17(16)21(24)25/h4-5,10,13,19,22H,6-9,11-12H2,1-3H3. The molecule has 1 aromatic carbocycles. The molecule has 0 spiro atoms. The van der Waals surface area contributed by atoms with Crippen molar-refractivity contribution in [1.29, 1.82) is 0 Å². The number of aliphatic hydroxyl groups is 1. The molecule has 7 nitrogen and oxygen atoms in total. The van der Waals surface area contributed by atoms with E-state index in [1.54, 1.807) is 12.1 Å². The molecule has 1 saturated heterocycles. The summed E-state index contributed by atoms with van der Waals surface area (Å²) in [7, 11) is 0. The monoisotopic (exact) mass is 349 g/mol. The highest BCUT2D eigenvalue weighted by molar-refractivity contribution is 5.95. The first-order valence-corrected chi connectivity index (χ1v) is 8.68. The van der Waals surface area contributed by atoms with Crippen LogP contribution >= 0.6 is 0 Å². The van der Waals surface area contributed by atoms with Crippen LogP contribution in [0, 0.1) is 16.0 Å². The zero-order chi connectivity index (χ0) is 18.6. The normalized spacial score (nSPS) is 16.9. The fourth-order valence-electron chi connectivity index (χ4n) is 3.14. The summed E-state index contributed by atoms with van der Waals surface area (Å²) in [5, 5.41) is 24.7. The smallest absolute Gasteiger partial charge is 0.293 e. The van der Waals surface area contributed by atoms with Gasteiger partial charge in [0.05, 0.1) is 11.5 Å². The summed E-state index contributed by atoms with van der Waals surface area (Å²) < 4.78 is 0. The number of nitrogens with one attached hydrogen (secondary N) is 1. The average Bonchev–Trinajstić information content (AvgIpc) is 2.59. The molecule has 0 radical (unpaired) electrons. The highest BCUT2D eigenvalue weighted by Gasteiger charge is 2.35. The Morgan fingerprint density at radius 3 is 2.52 bits per heavy atom. The van der Waals surface area contributed by atoms with Gasteiger partial charge in [0.25, 0.3) is 5.69 Å². The van der Waals surface area contributed by atoms with E-state index in [2.05, 4.69) is 19.2 Å². The van der Waals surface area contributed by atoms with E-state index in [4.69, 9.17) is 0 Å². The number of carbonyl (C=O) groups excluding carboxylic acids is 1. The highest BCUT2D eigenvalue weighted by atomic mass is 16.6.